The van der Waals surface area contributed by atoms with Gasteiger partial charge in [-0.3, -0.25) is 0 Å². The summed E-state index contributed by atoms with van der Waals surface area (Å²) in [6.07, 6.45) is 1.13. The molecule has 0 saturated carbocycles. The molecule has 0 atom stereocenters. The maximum atomic E-state index is 10.9. The van der Waals surface area contributed by atoms with Crippen molar-refractivity contribution in [3.8, 4) is 0 Å². The van der Waals surface area contributed by atoms with Crippen LogP contribution in [-0.2, 0) is 13.8 Å². The van der Waals surface area contributed by atoms with E-state index in [1.807, 2.05) is 14.1 Å². The number of hydrogen-bond acceptors (Lipinski definition) is 5. The van der Waals surface area contributed by atoms with E-state index in [-0.39, 0.29) is 25.7 Å². The monoisotopic (exact) mass is 325 g/mol. The summed E-state index contributed by atoms with van der Waals surface area (Å²) in [6, 6.07) is 0.392. The summed E-state index contributed by atoms with van der Waals surface area (Å²) in [7, 11) is -0.496. The Kier molecular flexibility index (Phi) is 7.42. The Bertz CT molecular complexity index is 363. The Morgan fingerprint density at radius 3 is 2.33 bits per heavy atom. The van der Waals surface area contributed by atoms with Gasteiger partial charge in [0.15, 0.2) is 0 Å². The average molecular weight is 325 g/mol. The Balaban J connectivity index is 4.19. The number of rotatable bonds is 10. The van der Waals surface area contributed by atoms with E-state index >= 15 is 0 Å². The summed E-state index contributed by atoms with van der Waals surface area (Å²) in [4.78, 5) is 31.0. The van der Waals surface area contributed by atoms with E-state index in [2.05, 4.69) is 25.7 Å². The number of nitrogens with one attached hydrogen (secondary N) is 1. The van der Waals surface area contributed by atoms with Crippen molar-refractivity contribution < 1.29 is 28.1 Å². The minimum atomic E-state index is -4.58. The van der Waals surface area contributed by atoms with Gasteiger partial charge in [-0.2, -0.15) is 0 Å². The first kappa shape index (κ1) is 20.4. The normalized spacial score (nSPS) is 14.6. The van der Waals surface area contributed by atoms with E-state index in [4.69, 9.17) is 9.05 Å². The first-order valence-corrected chi connectivity index (χ1v) is 9.34. The van der Waals surface area contributed by atoms with Crippen LogP contribution in [-0.4, -0.2) is 73.3 Å². The molecule has 1 amide bonds. The molecular formula is C13H30N2O5P+. The molecule has 8 heteroatoms. The third kappa shape index (κ3) is 9.14. The fraction of sp³-hybridized carbons (Fsp3) is 0.769. The van der Waals surface area contributed by atoms with Gasteiger partial charge in [-0.25, -0.2) is 0 Å². The van der Waals surface area contributed by atoms with Crippen molar-refractivity contribution in [3.63, 3.8) is 0 Å². The topological polar surface area (TPSA) is 88.0 Å². The number of hydrogen-bond donors (Lipinski definition) is 3. The van der Waals surface area contributed by atoms with E-state index in [9.17, 15) is 14.6 Å². The van der Waals surface area contributed by atoms with Crippen LogP contribution in [0.2, 0.25) is 0 Å². The standard InChI is InChI=1S/C13H29N2O5P/c1-7-13(16)14-8-10-19-21(6,17,18)20-11-9-15(4,5)12(2)3/h7,12,17-18H,1,8-11H2,2-6H3/p+1. The number of carbonyl (C=O) groups excluding carboxylic acids is 1. The van der Waals surface area contributed by atoms with Crippen LogP contribution in [0.15, 0.2) is 12.7 Å². The van der Waals surface area contributed by atoms with E-state index in [1.54, 1.807) is 0 Å². The molecule has 0 heterocycles. The molecule has 0 aromatic carbocycles. The Morgan fingerprint density at radius 1 is 1.33 bits per heavy atom. The molecular weight excluding hydrogens is 295 g/mol. The average Bonchev–Trinajstić information content (AvgIpc) is 2.33. The molecule has 0 spiro atoms. The number of nitrogens with zero attached hydrogens (tertiary/aromatic N) is 1. The van der Waals surface area contributed by atoms with Gasteiger partial charge in [0.25, 0.3) is 0 Å². The zero-order valence-corrected chi connectivity index (χ0v) is 14.6. The van der Waals surface area contributed by atoms with Gasteiger partial charge in [0.2, 0.25) is 0 Å². The van der Waals surface area contributed by atoms with Crippen LogP contribution < -0.4 is 5.32 Å². The number of carbonyl (C=O) groups is 1. The first-order chi connectivity index (χ1) is 9.37. The predicted molar refractivity (Wildman–Crippen MR) is 84.5 cm³/mol. The molecule has 0 saturated heterocycles. The molecule has 0 unspecified atom stereocenters. The predicted octanol–water partition coefficient (Wildman–Crippen LogP) is 0.634. The summed E-state index contributed by atoms with van der Waals surface area (Å²) in [5, 5.41) is 2.48. The van der Waals surface area contributed by atoms with Crippen LogP contribution in [0.1, 0.15) is 13.8 Å². The van der Waals surface area contributed by atoms with Gasteiger partial charge in [-0.05, 0) is 0 Å². The van der Waals surface area contributed by atoms with Crippen molar-refractivity contribution in [1.82, 2.24) is 5.32 Å². The summed E-state index contributed by atoms with van der Waals surface area (Å²) in [6.45, 7) is 9.52. The molecule has 0 bridgehead atoms. The molecule has 0 radical (unpaired) electrons. The summed E-state index contributed by atoms with van der Waals surface area (Å²) in [5.74, 6) is -0.345. The van der Waals surface area contributed by atoms with Crippen LogP contribution in [0.25, 0.3) is 0 Å². The van der Waals surface area contributed by atoms with Crippen LogP contribution in [0.3, 0.4) is 0 Å². The molecule has 21 heavy (non-hydrogen) atoms. The van der Waals surface area contributed by atoms with Crippen molar-refractivity contribution in [2.24, 2.45) is 0 Å². The van der Waals surface area contributed by atoms with Gasteiger partial charge in [0.05, 0.1) is 0 Å². The zero-order valence-electron chi connectivity index (χ0n) is 13.7. The Hall–Kier alpha value is -0.560. The molecule has 126 valence electrons. The molecule has 0 aliphatic carbocycles. The van der Waals surface area contributed by atoms with Crippen molar-refractivity contribution >= 4 is 13.4 Å². The summed E-state index contributed by atoms with van der Waals surface area (Å²) in [5.41, 5.74) is 0. The first-order valence-electron chi connectivity index (χ1n) is 6.92. The molecule has 0 aromatic heterocycles. The molecule has 0 aromatic rings. The van der Waals surface area contributed by atoms with Crippen LogP contribution >= 0.6 is 7.51 Å². The fourth-order valence-corrected chi connectivity index (χ4v) is 2.37. The number of amides is 1. The fourth-order valence-electron chi connectivity index (χ4n) is 1.28. The number of likely N-dealkylation sites (N-methyl/N-ethyl adjacent to an activating group) is 1. The van der Waals surface area contributed by atoms with Crippen LogP contribution in [0, 0.1) is 0 Å². The van der Waals surface area contributed by atoms with Crippen LogP contribution in [0.4, 0.5) is 0 Å². The second kappa shape index (κ2) is 7.63. The molecule has 0 aliphatic rings. The second-order valence-electron chi connectivity index (χ2n) is 6.01. The van der Waals surface area contributed by atoms with Crippen LogP contribution in [0.5, 0.6) is 0 Å². The van der Waals surface area contributed by atoms with Crippen molar-refractivity contribution in [3.05, 3.63) is 12.7 Å². The SMILES string of the molecule is C=CC(=O)NCCOP(C)(O)(O)OCC[N+](C)(C)C(C)C. The molecule has 3 N–H and O–H groups in total. The Labute approximate surface area is 127 Å². The summed E-state index contributed by atoms with van der Waals surface area (Å²) >= 11 is 0. The van der Waals surface area contributed by atoms with Gasteiger partial charge in [0.1, 0.15) is 0 Å². The van der Waals surface area contributed by atoms with E-state index in [0.717, 1.165) is 12.7 Å². The van der Waals surface area contributed by atoms with Crippen molar-refractivity contribution in [2.75, 3.05) is 47.1 Å². The van der Waals surface area contributed by atoms with Gasteiger partial charge in [-0.1, -0.05) is 0 Å². The van der Waals surface area contributed by atoms with Gasteiger partial charge in [-0.15, -0.1) is 0 Å². The van der Waals surface area contributed by atoms with Crippen molar-refractivity contribution in [1.29, 1.82) is 0 Å². The van der Waals surface area contributed by atoms with Gasteiger partial charge < -0.3 is 0 Å². The number of quaternary nitrogens is 1. The quantitative estimate of drug-likeness (QED) is 0.237. The van der Waals surface area contributed by atoms with E-state index in [1.165, 1.54) is 0 Å². The molecule has 0 aliphatic heterocycles. The van der Waals surface area contributed by atoms with Gasteiger partial charge in [0, 0.05) is 0 Å². The maximum absolute atomic E-state index is 10.9. The minimum absolute atomic E-state index is 0.0522. The van der Waals surface area contributed by atoms with E-state index in [0.29, 0.717) is 17.1 Å². The molecule has 7 nitrogen and oxygen atoms in total. The molecule has 0 fully saturated rings. The van der Waals surface area contributed by atoms with Crippen molar-refractivity contribution in [2.45, 2.75) is 19.9 Å². The third-order valence-corrected chi connectivity index (χ3v) is 4.98. The van der Waals surface area contributed by atoms with E-state index < -0.39 is 7.51 Å². The zero-order chi connectivity index (χ0) is 16.8. The second-order valence-corrected chi connectivity index (χ2v) is 9.04. The summed E-state index contributed by atoms with van der Waals surface area (Å²) < 4.78 is 11.0. The third-order valence-electron chi connectivity index (χ3n) is 3.43. The van der Waals surface area contributed by atoms with Gasteiger partial charge >= 0.3 is 126 Å². The molecule has 0 rings (SSSR count). The Morgan fingerprint density at radius 2 is 1.86 bits per heavy atom.